The summed E-state index contributed by atoms with van der Waals surface area (Å²) in [6.07, 6.45) is -2.26. The fraction of sp³-hybridized carbons (Fsp3) is 0.143. The van der Waals surface area contributed by atoms with Gasteiger partial charge in [-0.25, -0.2) is 22.2 Å². The number of hydrogen-bond donors (Lipinski definition) is 0. The molecule has 1 heterocycles. The lowest BCUT2D eigenvalue weighted by atomic mass is 10.2. The highest BCUT2D eigenvalue weighted by atomic mass is 79.9. The molecule has 0 atom stereocenters. The number of pyridine rings is 1. The van der Waals surface area contributed by atoms with Crippen molar-refractivity contribution < 1.29 is 17.2 Å². The highest BCUT2D eigenvalue weighted by Gasteiger charge is 2.27. The van der Waals surface area contributed by atoms with E-state index in [0.29, 0.717) is 0 Å². The van der Waals surface area contributed by atoms with Gasteiger partial charge in [-0.05, 0) is 15.9 Å². The summed E-state index contributed by atoms with van der Waals surface area (Å²) in [5.41, 5.74) is -1.10. The Hall–Kier alpha value is -0.780. The van der Waals surface area contributed by atoms with Crippen LogP contribution in [-0.4, -0.2) is 13.4 Å². The van der Waals surface area contributed by atoms with E-state index >= 15 is 0 Å². The molecule has 0 saturated carbocycles. The van der Waals surface area contributed by atoms with Gasteiger partial charge in [0.15, 0.2) is 5.03 Å². The van der Waals surface area contributed by atoms with E-state index in [9.17, 15) is 17.2 Å². The Balaban J connectivity index is 3.69. The summed E-state index contributed by atoms with van der Waals surface area (Å²) < 4.78 is 46.9. The van der Waals surface area contributed by atoms with Crippen LogP contribution in [0.3, 0.4) is 0 Å². The van der Waals surface area contributed by atoms with Crippen LogP contribution in [0.1, 0.15) is 17.6 Å². The van der Waals surface area contributed by atoms with Crippen molar-refractivity contribution in [2.45, 2.75) is 11.5 Å². The molecule has 9 heteroatoms. The average molecular weight is 332 g/mol. The summed E-state index contributed by atoms with van der Waals surface area (Å²) in [6, 6.07) is 1.59. The first-order valence-corrected chi connectivity index (χ1v) is 6.70. The van der Waals surface area contributed by atoms with Gasteiger partial charge in [0.1, 0.15) is 6.07 Å². The van der Waals surface area contributed by atoms with Crippen molar-refractivity contribution in [1.82, 2.24) is 4.98 Å². The van der Waals surface area contributed by atoms with Gasteiger partial charge >= 0.3 is 0 Å². The lowest BCUT2D eigenvalue weighted by Crippen LogP contribution is -2.04. The molecule has 0 aromatic carbocycles. The molecule has 0 saturated heterocycles. The Kier molecular flexibility index (Phi) is 3.83. The quantitative estimate of drug-likeness (QED) is 0.781. The van der Waals surface area contributed by atoms with Gasteiger partial charge in [0.25, 0.3) is 15.5 Å². The number of alkyl halides is 2. The second-order valence-corrected chi connectivity index (χ2v) is 5.83. The number of hydrogen-bond acceptors (Lipinski definition) is 4. The first-order valence-electron chi connectivity index (χ1n) is 3.60. The minimum atomic E-state index is -4.38. The van der Waals surface area contributed by atoms with E-state index in [1.54, 1.807) is 6.07 Å². The first kappa shape index (κ1) is 13.3. The third-order valence-electron chi connectivity index (χ3n) is 1.58. The van der Waals surface area contributed by atoms with Crippen LogP contribution in [0.4, 0.5) is 8.78 Å². The fourth-order valence-corrected chi connectivity index (χ4v) is 2.63. The van der Waals surface area contributed by atoms with Crippen molar-refractivity contribution in [3.05, 3.63) is 21.8 Å². The number of nitriles is 1. The van der Waals surface area contributed by atoms with Crippen LogP contribution in [0, 0.1) is 11.3 Å². The zero-order chi connectivity index (χ0) is 12.5. The number of aromatic nitrogens is 1. The molecular weight excluding hydrogens is 330 g/mol. The molecule has 1 aromatic rings. The second kappa shape index (κ2) is 4.61. The van der Waals surface area contributed by atoms with Crippen molar-refractivity contribution in [2.24, 2.45) is 0 Å². The fourth-order valence-electron chi connectivity index (χ4n) is 0.950. The highest BCUT2D eigenvalue weighted by molar-refractivity contribution is 9.10. The van der Waals surface area contributed by atoms with Crippen LogP contribution in [-0.2, 0) is 9.05 Å². The molecular formula is C7H2BrClF2N2O2S. The molecule has 1 aromatic heterocycles. The summed E-state index contributed by atoms with van der Waals surface area (Å²) in [7, 11) is 0.564. The summed E-state index contributed by atoms with van der Waals surface area (Å²) in [4.78, 5) is 3.25. The molecule has 4 nitrogen and oxygen atoms in total. The monoisotopic (exact) mass is 330 g/mol. The summed E-state index contributed by atoms with van der Waals surface area (Å²) >= 11 is 2.72. The molecule has 0 unspecified atom stereocenters. The smallest absolute Gasteiger partial charge is 0.242 e. The van der Waals surface area contributed by atoms with E-state index in [2.05, 4.69) is 20.9 Å². The summed E-state index contributed by atoms with van der Waals surface area (Å²) in [5, 5.41) is 7.62. The number of rotatable bonds is 2. The minimum absolute atomic E-state index is 0.195. The Morgan fingerprint density at radius 3 is 2.50 bits per heavy atom. The van der Waals surface area contributed by atoms with Crippen molar-refractivity contribution in [3.63, 3.8) is 0 Å². The molecule has 0 aliphatic rings. The SMILES string of the molecule is N#Cc1cnc(S(=O)(=O)Cl)c(C(F)F)c1Br. The Bertz CT molecular complexity index is 570. The molecule has 0 spiro atoms. The third-order valence-corrected chi connectivity index (χ3v) is 3.66. The Morgan fingerprint density at radius 2 is 2.12 bits per heavy atom. The van der Waals surface area contributed by atoms with Crippen LogP contribution in [0.2, 0.25) is 0 Å². The first-order chi connectivity index (χ1) is 7.29. The maximum absolute atomic E-state index is 12.6. The Morgan fingerprint density at radius 1 is 1.56 bits per heavy atom. The van der Waals surface area contributed by atoms with Gasteiger partial charge in [-0.15, -0.1) is 0 Å². The van der Waals surface area contributed by atoms with Crippen LogP contribution in [0.25, 0.3) is 0 Å². The maximum Gasteiger partial charge on any atom is 0.279 e. The maximum atomic E-state index is 12.6. The molecule has 0 aliphatic heterocycles. The van der Waals surface area contributed by atoms with Crippen molar-refractivity contribution in [2.75, 3.05) is 0 Å². The molecule has 0 amide bonds. The highest BCUT2D eigenvalue weighted by Crippen LogP contribution is 2.35. The van der Waals surface area contributed by atoms with E-state index in [1.807, 2.05) is 0 Å². The van der Waals surface area contributed by atoms with E-state index in [4.69, 9.17) is 15.9 Å². The van der Waals surface area contributed by atoms with Gasteiger partial charge in [-0.3, -0.25) is 0 Å². The van der Waals surface area contributed by atoms with E-state index < -0.39 is 26.1 Å². The van der Waals surface area contributed by atoms with Crippen molar-refractivity contribution in [3.8, 4) is 6.07 Å². The third kappa shape index (κ3) is 2.48. The van der Waals surface area contributed by atoms with Crippen LogP contribution in [0.5, 0.6) is 0 Å². The number of nitrogens with zero attached hydrogens (tertiary/aromatic N) is 2. The molecule has 86 valence electrons. The zero-order valence-corrected chi connectivity index (χ0v) is 10.4. The molecule has 16 heavy (non-hydrogen) atoms. The zero-order valence-electron chi connectivity index (χ0n) is 7.29. The summed E-state index contributed by atoms with van der Waals surface area (Å²) in [6.45, 7) is 0. The largest absolute Gasteiger partial charge is 0.279 e. The lowest BCUT2D eigenvalue weighted by molar-refractivity contribution is 0.146. The average Bonchev–Trinajstić information content (AvgIpc) is 2.15. The van der Waals surface area contributed by atoms with Gasteiger partial charge in [-0.2, -0.15) is 5.26 Å². The number of halogens is 4. The molecule has 0 aliphatic carbocycles. The lowest BCUT2D eigenvalue weighted by Gasteiger charge is -2.08. The molecule has 0 N–H and O–H groups in total. The molecule has 1 rings (SSSR count). The van der Waals surface area contributed by atoms with Gasteiger partial charge in [0.2, 0.25) is 0 Å². The topological polar surface area (TPSA) is 70.8 Å². The van der Waals surface area contributed by atoms with Crippen molar-refractivity contribution in [1.29, 1.82) is 5.26 Å². The minimum Gasteiger partial charge on any atom is -0.242 e. The molecule has 0 bridgehead atoms. The van der Waals surface area contributed by atoms with E-state index in [-0.39, 0.29) is 10.0 Å². The van der Waals surface area contributed by atoms with Crippen molar-refractivity contribution >= 4 is 35.7 Å². The summed E-state index contributed by atoms with van der Waals surface area (Å²) in [5.74, 6) is 0. The Labute approximate surface area is 102 Å². The predicted molar refractivity (Wildman–Crippen MR) is 54.6 cm³/mol. The second-order valence-electron chi connectivity index (χ2n) is 2.56. The van der Waals surface area contributed by atoms with Crippen LogP contribution < -0.4 is 0 Å². The normalized spacial score (nSPS) is 11.5. The predicted octanol–water partition coefficient (Wildman–Crippen LogP) is 2.58. The standard InChI is InChI=1S/C7H2BrClF2N2O2S/c8-5-3(1-12)2-13-7(16(9,14)15)4(5)6(10)11/h2,6H. The van der Waals surface area contributed by atoms with Gasteiger partial charge in [0.05, 0.1) is 11.1 Å². The van der Waals surface area contributed by atoms with Gasteiger partial charge < -0.3 is 0 Å². The van der Waals surface area contributed by atoms with Gasteiger partial charge in [-0.1, -0.05) is 0 Å². The van der Waals surface area contributed by atoms with E-state index in [0.717, 1.165) is 6.20 Å². The molecule has 0 fully saturated rings. The van der Waals surface area contributed by atoms with E-state index in [1.165, 1.54) is 0 Å². The van der Waals surface area contributed by atoms with Crippen LogP contribution >= 0.6 is 26.6 Å². The molecule has 0 radical (unpaired) electrons. The van der Waals surface area contributed by atoms with Crippen LogP contribution in [0.15, 0.2) is 15.7 Å². The van der Waals surface area contributed by atoms with Gasteiger partial charge in [0, 0.05) is 21.4 Å².